The quantitative estimate of drug-likeness (QED) is 0.617. The van der Waals surface area contributed by atoms with Gasteiger partial charge in [-0.2, -0.15) is 0 Å². The van der Waals surface area contributed by atoms with Gasteiger partial charge in [0.2, 0.25) is 0 Å². The number of ether oxygens (including phenoxy) is 2. The minimum absolute atomic E-state index is 0.00223. The third-order valence-corrected chi connectivity index (χ3v) is 6.28. The molecule has 0 spiro atoms. The van der Waals surface area contributed by atoms with Crippen molar-refractivity contribution in [3.8, 4) is 11.1 Å². The van der Waals surface area contributed by atoms with Gasteiger partial charge in [-0.05, 0) is 58.6 Å². The van der Waals surface area contributed by atoms with Gasteiger partial charge in [0, 0.05) is 73.2 Å². The van der Waals surface area contributed by atoms with Crippen LogP contribution in [0.1, 0.15) is 58.1 Å². The summed E-state index contributed by atoms with van der Waals surface area (Å²) in [6.07, 6.45) is 7.26. The second-order valence-corrected chi connectivity index (χ2v) is 10.2. The van der Waals surface area contributed by atoms with E-state index in [2.05, 4.69) is 27.3 Å². The molecule has 1 amide bonds. The number of carbonyl (C=O) groups excluding carboxylic acids is 1. The molecule has 2 aliphatic heterocycles. The number of nitrogens with zero attached hydrogens (tertiary/aromatic N) is 3. The molecular weight excluding hydrogens is 440 g/mol. The van der Waals surface area contributed by atoms with Gasteiger partial charge in [0.05, 0.1) is 0 Å². The second-order valence-electron chi connectivity index (χ2n) is 9.81. The Kier molecular flexibility index (Phi) is 7.39. The van der Waals surface area contributed by atoms with Crippen molar-refractivity contribution >= 4 is 23.4 Å². The van der Waals surface area contributed by atoms with Crippen LogP contribution in [0.15, 0.2) is 30.6 Å². The average molecular weight is 473 g/mol. The lowest BCUT2D eigenvalue weighted by atomic mass is 9.95. The van der Waals surface area contributed by atoms with E-state index in [0.29, 0.717) is 17.6 Å². The maximum atomic E-state index is 12.3. The lowest BCUT2D eigenvalue weighted by Gasteiger charge is -2.36. The van der Waals surface area contributed by atoms with E-state index in [1.807, 2.05) is 39.2 Å². The molecule has 0 unspecified atom stereocenters. The summed E-state index contributed by atoms with van der Waals surface area (Å²) >= 11 is 6.29. The number of anilines is 1. The number of carbonyl (C=O) groups is 1. The Hall–Kier alpha value is -2.38. The molecule has 178 valence electrons. The Balaban J connectivity index is 1.51. The van der Waals surface area contributed by atoms with Crippen LogP contribution in [0.5, 0.6) is 0 Å². The molecule has 2 aromatic heterocycles. The molecule has 4 heterocycles. The van der Waals surface area contributed by atoms with Gasteiger partial charge >= 0.3 is 6.09 Å². The molecule has 2 aliphatic rings. The van der Waals surface area contributed by atoms with Gasteiger partial charge in [-0.15, -0.1) is 0 Å². The highest BCUT2D eigenvalue weighted by Crippen LogP contribution is 2.34. The third kappa shape index (κ3) is 6.36. The Morgan fingerprint density at radius 1 is 1.18 bits per heavy atom. The minimum atomic E-state index is -0.520. The van der Waals surface area contributed by atoms with Crippen molar-refractivity contribution in [1.82, 2.24) is 15.3 Å². The van der Waals surface area contributed by atoms with Crippen LogP contribution >= 0.6 is 11.6 Å². The van der Waals surface area contributed by atoms with E-state index >= 15 is 0 Å². The number of alkyl carbamates (subject to hydrolysis) is 1. The topological polar surface area (TPSA) is 76.6 Å². The number of hydrogen-bond acceptors (Lipinski definition) is 6. The smallest absolute Gasteiger partial charge is 0.407 e. The average Bonchev–Trinajstić information content (AvgIpc) is 2.79. The van der Waals surface area contributed by atoms with Crippen LogP contribution < -0.4 is 10.2 Å². The van der Waals surface area contributed by atoms with Crippen LogP contribution in [0.25, 0.3) is 11.1 Å². The minimum Gasteiger partial charge on any atom is -0.444 e. The molecule has 2 fully saturated rings. The van der Waals surface area contributed by atoms with Crippen molar-refractivity contribution in [2.24, 2.45) is 0 Å². The van der Waals surface area contributed by atoms with Crippen LogP contribution in [0.3, 0.4) is 0 Å². The van der Waals surface area contributed by atoms with Gasteiger partial charge < -0.3 is 19.7 Å². The van der Waals surface area contributed by atoms with E-state index in [0.717, 1.165) is 68.0 Å². The maximum Gasteiger partial charge on any atom is 0.407 e. The predicted molar refractivity (Wildman–Crippen MR) is 130 cm³/mol. The first-order valence-corrected chi connectivity index (χ1v) is 12.1. The summed E-state index contributed by atoms with van der Waals surface area (Å²) in [4.78, 5) is 23.6. The zero-order chi connectivity index (χ0) is 23.4. The fourth-order valence-electron chi connectivity index (χ4n) is 4.49. The first kappa shape index (κ1) is 23.8. The van der Waals surface area contributed by atoms with E-state index in [1.165, 1.54) is 0 Å². The molecule has 33 heavy (non-hydrogen) atoms. The number of pyridine rings is 2. The number of hydrogen-bond donors (Lipinski definition) is 1. The van der Waals surface area contributed by atoms with E-state index in [9.17, 15) is 4.79 Å². The zero-order valence-corrected chi connectivity index (χ0v) is 20.4. The summed E-state index contributed by atoms with van der Waals surface area (Å²) in [5, 5.41) is 3.47. The van der Waals surface area contributed by atoms with Gasteiger partial charge in [0.25, 0.3) is 0 Å². The molecule has 4 rings (SSSR count). The number of nitrogens with one attached hydrogen (secondary N) is 1. The lowest BCUT2D eigenvalue weighted by Crippen LogP contribution is -2.49. The number of piperidine rings is 1. The molecule has 1 N–H and O–H groups in total. The summed E-state index contributed by atoms with van der Waals surface area (Å²) in [5.74, 6) is 0.456. The van der Waals surface area contributed by atoms with Crippen molar-refractivity contribution in [2.75, 3.05) is 31.2 Å². The Morgan fingerprint density at radius 3 is 2.67 bits per heavy atom. The highest BCUT2D eigenvalue weighted by molar-refractivity contribution is 6.29. The first-order chi connectivity index (χ1) is 15.8. The summed E-state index contributed by atoms with van der Waals surface area (Å²) in [6, 6.07) is 6.14. The van der Waals surface area contributed by atoms with Gasteiger partial charge in [-0.25, -0.2) is 9.78 Å². The normalized spacial score (nSPS) is 19.9. The van der Waals surface area contributed by atoms with E-state index < -0.39 is 5.60 Å². The summed E-state index contributed by atoms with van der Waals surface area (Å²) in [5.41, 5.74) is 3.60. The molecule has 0 aromatic carbocycles. The maximum absolute atomic E-state index is 12.3. The Bertz CT molecular complexity index is 955. The molecule has 0 aliphatic carbocycles. The monoisotopic (exact) mass is 472 g/mol. The molecule has 0 radical (unpaired) electrons. The predicted octanol–water partition coefficient (Wildman–Crippen LogP) is 5.18. The standard InChI is InChI=1S/C25H33ClN4O3/c1-25(2,3)33-24(31)29-19-5-4-10-30(16-19)22-13-23(26)28-15-20(22)18-6-7-21(27-14-18)17-8-11-32-12-9-17/h6-7,13-15,17,19H,4-5,8-12,16H2,1-3H3,(H,29,31)/t19-/m0/s1. The molecule has 0 saturated carbocycles. The molecular formula is C25H33ClN4O3. The summed E-state index contributed by atoms with van der Waals surface area (Å²) in [7, 11) is 0. The molecule has 2 aromatic rings. The summed E-state index contributed by atoms with van der Waals surface area (Å²) in [6.45, 7) is 8.76. The SMILES string of the molecule is CC(C)(C)OC(=O)N[C@H]1CCCN(c2cc(Cl)ncc2-c2ccc(C3CCOCC3)nc2)C1. The largest absolute Gasteiger partial charge is 0.444 e. The van der Waals surface area contributed by atoms with Gasteiger partial charge in [-0.1, -0.05) is 17.7 Å². The number of aromatic nitrogens is 2. The van der Waals surface area contributed by atoms with E-state index in [1.54, 1.807) is 0 Å². The molecule has 2 saturated heterocycles. The fraction of sp³-hybridized carbons (Fsp3) is 0.560. The molecule has 8 heteroatoms. The van der Waals surface area contributed by atoms with Crippen LogP contribution in [-0.4, -0.2) is 54.0 Å². The lowest BCUT2D eigenvalue weighted by molar-refractivity contribution is 0.0500. The van der Waals surface area contributed by atoms with Crippen molar-refractivity contribution in [2.45, 2.75) is 64.0 Å². The molecule has 1 atom stereocenters. The third-order valence-electron chi connectivity index (χ3n) is 6.07. The summed E-state index contributed by atoms with van der Waals surface area (Å²) < 4.78 is 10.9. The van der Waals surface area contributed by atoms with Crippen LogP contribution in [0.2, 0.25) is 5.15 Å². The van der Waals surface area contributed by atoms with Gasteiger partial charge in [0.1, 0.15) is 10.8 Å². The fourth-order valence-corrected chi connectivity index (χ4v) is 4.64. The van der Waals surface area contributed by atoms with Crippen LogP contribution in [-0.2, 0) is 9.47 Å². The number of halogens is 1. The molecule has 7 nitrogen and oxygen atoms in total. The Morgan fingerprint density at radius 2 is 1.97 bits per heavy atom. The highest BCUT2D eigenvalue weighted by atomic mass is 35.5. The van der Waals surface area contributed by atoms with Crippen molar-refractivity contribution in [3.05, 3.63) is 41.4 Å². The van der Waals surface area contributed by atoms with Crippen molar-refractivity contribution < 1.29 is 14.3 Å². The Labute approximate surface area is 200 Å². The number of amides is 1. The van der Waals surface area contributed by atoms with Crippen molar-refractivity contribution in [1.29, 1.82) is 0 Å². The zero-order valence-electron chi connectivity index (χ0n) is 19.6. The van der Waals surface area contributed by atoms with Crippen LogP contribution in [0.4, 0.5) is 10.5 Å². The first-order valence-electron chi connectivity index (χ1n) is 11.7. The van der Waals surface area contributed by atoms with Crippen molar-refractivity contribution in [3.63, 3.8) is 0 Å². The molecule has 0 bridgehead atoms. The van der Waals surface area contributed by atoms with E-state index in [-0.39, 0.29) is 12.1 Å². The second kappa shape index (κ2) is 10.3. The highest BCUT2D eigenvalue weighted by Gasteiger charge is 2.26. The number of rotatable bonds is 4. The van der Waals surface area contributed by atoms with Gasteiger partial charge in [0.15, 0.2) is 0 Å². The van der Waals surface area contributed by atoms with Gasteiger partial charge in [-0.3, -0.25) is 4.98 Å². The van der Waals surface area contributed by atoms with E-state index in [4.69, 9.17) is 26.1 Å². The van der Waals surface area contributed by atoms with Crippen LogP contribution in [0, 0.1) is 0 Å².